The SMILES string of the molecule is CCOC(=O)c1ccc2c(c1)N([C@@H](CC)C(=O)Nc1cccc(Cl)c1)C(=O)c1ccccc1S2. The quantitative estimate of drug-likeness (QED) is 0.422. The molecule has 0 spiro atoms. The molecule has 0 fully saturated rings. The van der Waals surface area contributed by atoms with Gasteiger partial charge in [-0.2, -0.15) is 0 Å². The number of fused-ring (bicyclic) bond motifs is 2. The molecule has 4 rings (SSSR count). The van der Waals surface area contributed by atoms with E-state index in [4.69, 9.17) is 16.3 Å². The minimum absolute atomic E-state index is 0.235. The van der Waals surface area contributed by atoms with E-state index in [2.05, 4.69) is 5.32 Å². The molecule has 3 aromatic rings. The zero-order valence-corrected chi connectivity index (χ0v) is 20.3. The highest BCUT2D eigenvalue weighted by Gasteiger charge is 2.36. The van der Waals surface area contributed by atoms with Gasteiger partial charge in [-0.15, -0.1) is 0 Å². The van der Waals surface area contributed by atoms with Gasteiger partial charge in [0.1, 0.15) is 6.04 Å². The van der Waals surface area contributed by atoms with Crippen molar-refractivity contribution in [3.05, 3.63) is 82.9 Å². The molecule has 1 N–H and O–H groups in total. The first-order valence-electron chi connectivity index (χ1n) is 10.9. The molecule has 1 atom stereocenters. The first-order valence-corrected chi connectivity index (χ1v) is 12.1. The van der Waals surface area contributed by atoms with Crippen LogP contribution in [0, 0.1) is 0 Å². The molecule has 0 bridgehead atoms. The van der Waals surface area contributed by atoms with Gasteiger partial charge in [-0.05, 0) is 61.9 Å². The molecule has 1 aliphatic rings. The van der Waals surface area contributed by atoms with Gasteiger partial charge in [0.15, 0.2) is 0 Å². The third kappa shape index (κ3) is 4.81. The van der Waals surface area contributed by atoms with Crippen LogP contribution in [-0.4, -0.2) is 30.4 Å². The van der Waals surface area contributed by atoms with Crippen molar-refractivity contribution >= 4 is 52.5 Å². The van der Waals surface area contributed by atoms with E-state index in [1.54, 1.807) is 61.5 Å². The van der Waals surface area contributed by atoms with Crippen LogP contribution in [0.2, 0.25) is 5.02 Å². The van der Waals surface area contributed by atoms with E-state index in [1.165, 1.54) is 16.7 Å². The number of benzene rings is 3. The van der Waals surface area contributed by atoms with Crippen molar-refractivity contribution in [3.8, 4) is 0 Å². The van der Waals surface area contributed by atoms with Crippen LogP contribution in [0.25, 0.3) is 0 Å². The number of halogens is 1. The molecule has 174 valence electrons. The van der Waals surface area contributed by atoms with Crippen molar-refractivity contribution in [1.82, 2.24) is 0 Å². The van der Waals surface area contributed by atoms with E-state index in [0.29, 0.717) is 33.9 Å². The molecule has 0 aliphatic carbocycles. The molecule has 2 amide bonds. The number of anilines is 2. The maximum Gasteiger partial charge on any atom is 0.338 e. The number of amides is 2. The van der Waals surface area contributed by atoms with Gasteiger partial charge in [-0.1, -0.05) is 48.5 Å². The van der Waals surface area contributed by atoms with Crippen LogP contribution < -0.4 is 10.2 Å². The number of ether oxygens (including phenoxy) is 1. The molecule has 1 aliphatic heterocycles. The van der Waals surface area contributed by atoms with Crippen LogP contribution in [0.5, 0.6) is 0 Å². The van der Waals surface area contributed by atoms with Crippen LogP contribution >= 0.6 is 23.4 Å². The lowest BCUT2D eigenvalue weighted by molar-refractivity contribution is -0.117. The van der Waals surface area contributed by atoms with Crippen molar-refractivity contribution in [2.24, 2.45) is 0 Å². The Morgan fingerprint density at radius 2 is 1.82 bits per heavy atom. The second-order valence-electron chi connectivity index (χ2n) is 7.60. The lowest BCUT2D eigenvalue weighted by Gasteiger charge is -2.30. The number of nitrogens with zero attached hydrogens (tertiary/aromatic N) is 1. The Hall–Kier alpha value is -3.29. The summed E-state index contributed by atoms with van der Waals surface area (Å²) >= 11 is 7.50. The summed E-state index contributed by atoms with van der Waals surface area (Å²) in [6.07, 6.45) is 0.355. The molecular weight excluding hydrogens is 472 g/mol. The van der Waals surface area contributed by atoms with Crippen molar-refractivity contribution in [2.45, 2.75) is 36.1 Å². The summed E-state index contributed by atoms with van der Waals surface area (Å²) < 4.78 is 5.16. The smallest absolute Gasteiger partial charge is 0.338 e. The van der Waals surface area contributed by atoms with Crippen molar-refractivity contribution in [3.63, 3.8) is 0 Å². The predicted octanol–water partition coefficient (Wildman–Crippen LogP) is 6.05. The highest BCUT2D eigenvalue weighted by molar-refractivity contribution is 7.99. The molecule has 6 nitrogen and oxygen atoms in total. The molecule has 0 unspecified atom stereocenters. The molecule has 8 heteroatoms. The van der Waals surface area contributed by atoms with E-state index < -0.39 is 12.0 Å². The summed E-state index contributed by atoms with van der Waals surface area (Å²) in [6.45, 7) is 3.81. The zero-order valence-electron chi connectivity index (χ0n) is 18.7. The molecule has 34 heavy (non-hydrogen) atoms. The highest BCUT2D eigenvalue weighted by atomic mass is 35.5. The van der Waals surface area contributed by atoms with Crippen LogP contribution in [-0.2, 0) is 9.53 Å². The summed E-state index contributed by atoms with van der Waals surface area (Å²) in [4.78, 5) is 42.7. The molecule has 0 aromatic heterocycles. The average Bonchev–Trinajstić information content (AvgIpc) is 2.94. The number of hydrogen-bond donors (Lipinski definition) is 1. The van der Waals surface area contributed by atoms with Crippen LogP contribution in [0.15, 0.2) is 76.5 Å². The highest BCUT2D eigenvalue weighted by Crippen LogP contribution is 2.43. The molecular formula is C26H23ClN2O4S. The van der Waals surface area contributed by atoms with Crippen molar-refractivity contribution in [1.29, 1.82) is 0 Å². The molecule has 0 saturated heterocycles. The number of carbonyl (C=O) groups excluding carboxylic acids is 3. The number of esters is 1. The van der Waals surface area contributed by atoms with Crippen LogP contribution in [0.3, 0.4) is 0 Å². The standard InChI is InChI=1S/C26H23ClN2O4S/c1-3-20(24(30)28-18-9-7-8-17(27)15-18)29-21-14-16(26(32)33-4-2)12-13-23(21)34-22-11-6-5-10-19(22)25(29)31/h5-15,20H,3-4H2,1-2H3,(H,28,30)/t20-/m0/s1. The second-order valence-corrected chi connectivity index (χ2v) is 9.12. The maximum absolute atomic E-state index is 13.8. The fourth-order valence-corrected chi connectivity index (χ4v) is 5.05. The Labute approximate surface area is 207 Å². The minimum atomic E-state index is -0.825. The third-order valence-electron chi connectivity index (χ3n) is 5.38. The number of nitrogens with one attached hydrogen (secondary N) is 1. The van der Waals surface area contributed by atoms with Gasteiger partial charge >= 0.3 is 5.97 Å². The van der Waals surface area contributed by atoms with Gasteiger partial charge in [-0.25, -0.2) is 4.79 Å². The summed E-state index contributed by atoms with van der Waals surface area (Å²) in [5, 5.41) is 3.36. The van der Waals surface area contributed by atoms with E-state index in [0.717, 1.165) is 9.79 Å². The van der Waals surface area contributed by atoms with Crippen LogP contribution in [0.1, 0.15) is 41.0 Å². The number of carbonyl (C=O) groups is 3. The maximum atomic E-state index is 13.8. The van der Waals surface area contributed by atoms with Gasteiger partial charge < -0.3 is 10.1 Å². The normalized spacial score (nSPS) is 13.4. The Bertz CT molecular complexity index is 1260. The third-order valence-corrected chi connectivity index (χ3v) is 6.76. The van der Waals surface area contributed by atoms with Gasteiger partial charge in [-0.3, -0.25) is 14.5 Å². The van der Waals surface area contributed by atoms with Crippen molar-refractivity contribution in [2.75, 3.05) is 16.8 Å². The monoisotopic (exact) mass is 494 g/mol. The molecule has 0 saturated carbocycles. The van der Waals surface area contributed by atoms with Crippen LogP contribution in [0.4, 0.5) is 11.4 Å². The first-order chi connectivity index (χ1) is 16.4. The average molecular weight is 495 g/mol. The topological polar surface area (TPSA) is 75.7 Å². The summed E-state index contributed by atoms with van der Waals surface area (Å²) in [5.74, 6) is -1.15. The van der Waals surface area contributed by atoms with E-state index >= 15 is 0 Å². The largest absolute Gasteiger partial charge is 0.462 e. The minimum Gasteiger partial charge on any atom is -0.462 e. The predicted molar refractivity (Wildman–Crippen MR) is 134 cm³/mol. The van der Waals surface area contributed by atoms with E-state index in [-0.39, 0.29) is 18.4 Å². The molecule has 1 heterocycles. The molecule has 3 aromatic carbocycles. The Balaban J connectivity index is 1.81. The fraction of sp³-hybridized carbons (Fsp3) is 0.192. The van der Waals surface area contributed by atoms with Gasteiger partial charge in [0.25, 0.3) is 5.91 Å². The van der Waals surface area contributed by atoms with Gasteiger partial charge in [0.2, 0.25) is 5.91 Å². The Morgan fingerprint density at radius 1 is 1.03 bits per heavy atom. The molecule has 0 radical (unpaired) electrons. The Kier molecular flexibility index (Phi) is 7.24. The van der Waals surface area contributed by atoms with Gasteiger partial charge in [0, 0.05) is 20.5 Å². The number of hydrogen-bond acceptors (Lipinski definition) is 5. The first kappa shape index (κ1) is 23.9. The summed E-state index contributed by atoms with van der Waals surface area (Å²) in [5.41, 5.74) is 1.84. The zero-order chi connectivity index (χ0) is 24.2. The lowest BCUT2D eigenvalue weighted by atomic mass is 10.1. The fourth-order valence-electron chi connectivity index (χ4n) is 3.81. The van der Waals surface area contributed by atoms with Gasteiger partial charge in [0.05, 0.1) is 23.4 Å². The Morgan fingerprint density at radius 3 is 2.56 bits per heavy atom. The lowest BCUT2D eigenvalue weighted by Crippen LogP contribution is -2.47. The second kappa shape index (κ2) is 10.3. The summed E-state index contributed by atoms with van der Waals surface area (Å²) in [6, 6.07) is 18.4. The van der Waals surface area contributed by atoms with E-state index in [9.17, 15) is 14.4 Å². The number of rotatable bonds is 6. The summed E-state index contributed by atoms with van der Waals surface area (Å²) in [7, 11) is 0. The van der Waals surface area contributed by atoms with E-state index in [1.807, 2.05) is 19.1 Å². The van der Waals surface area contributed by atoms with Crippen molar-refractivity contribution < 1.29 is 19.1 Å².